The van der Waals surface area contributed by atoms with Gasteiger partial charge in [0.25, 0.3) is 0 Å². The first-order valence-electron chi connectivity index (χ1n) is 8.29. The van der Waals surface area contributed by atoms with Crippen molar-refractivity contribution in [3.8, 4) is 5.75 Å². The third-order valence-electron chi connectivity index (χ3n) is 5.09. The fraction of sp³-hybridized carbons (Fsp3) is 0.556. The van der Waals surface area contributed by atoms with Gasteiger partial charge in [-0.2, -0.15) is 0 Å². The van der Waals surface area contributed by atoms with Crippen molar-refractivity contribution in [3.05, 3.63) is 40.4 Å². The number of azide groups is 1. The average molecular weight is 345 g/mol. The number of H-pyrrole nitrogens is 1. The molecule has 0 saturated heterocycles. The van der Waals surface area contributed by atoms with Gasteiger partial charge in [0, 0.05) is 28.6 Å². The Morgan fingerprint density at radius 2 is 1.88 bits per heavy atom. The molecule has 0 aliphatic carbocycles. The number of nitrogens with one attached hydrogen (secondary N) is 1. The van der Waals surface area contributed by atoms with Gasteiger partial charge in [0.15, 0.2) is 0 Å². The molecule has 6 heteroatoms. The first-order chi connectivity index (χ1) is 11.0. The van der Waals surface area contributed by atoms with Gasteiger partial charge in [-0.3, -0.25) is 0 Å². The van der Waals surface area contributed by atoms with Crippen LogP contribution in [-0.4, -0.2) is 19.8 Å². The van der Waals surface area contributed by atoms with Crippen molar-refractivity contribution in [1.82, 2.24) is 4.98 Å². The molecule has 2 rings (SSSR count). The van der Waals surface area contributed by atoms with Crippen LogP contribution >= 0.6 is 0 Å². The number of aromatic amines is 1. The zero-order valence-corrected chi connectivity index (χ0v) is 16.8. The van der Waals surface area contributed by atoms with E-state index in [0.29, 0.717) is 6.54 Å². The molecule has 2 aromatic rings. The van der Waals surface area contributed by atoms with Crippen LogP contribution in [0.3, 0.4) is 0 Å². The van der Waals surface area contributed by atoms with E-state index in [4.69, 9.17) is 9.96 Å². The molecule has 1 N–H and O–H groups in total. The van der Waals surface area contributed by atoms with Crippen LogP contribution in [0.1, 0.15) is 40.2 Å². The monoisotopic (exact) mass is 344 g/mol. The van der Waals surface area contributed by atoms with Crippen LogP contribution in [-0.2, 0) is 5.41 Å². The Labute approximate surface area is 145 Å². The predicted octanol–water partition coefficient (Wildman–Crippen LogP) is 6.14. The summed E-state index contributed by atoms with van der Waals surface area (Å²) in [7, 11) is -1.87. The molecule has 0 aliphatic heterocycles. The number of nitrogens with zero attached hydrogens (tertiary/aromatic N) is 3. The summed E-state index contributed by atoms with van der Waals surface area (Å²) in [5.41, 5.74) is 10.6. The SMILES string of the molecule is CC(C)(CN=[N+]=[N-])c1c[nH]c2ccc(O[Si](C)(C)C(C)(C)C)cc12. The summed E-state index contributed by atoms with van der Waals surface area (Å²) in [5.74, 6) is 0.912. The second kappa shape index (κ2) is 6.19. The highest BCUT2D eigenvalue weighted by Crippen LogP contribution is 2.39. The number of rotatable bonds is 5. The van der Waals surface area contributed by atoms with E-state index in [2.05, 4.69) is 74.9 Å². The highest BCUT2D eigenvalue weighted by molar-refractivity contribution is 6.74. The van der Waals surface area contributed by atoms with E-state index in [1.54, 1.807) is 0 Å². The molecule has 1 aromatic heterocycles. The van der Waals surface area contributed by atoms with E-state index in [-0.39, 0.29) is 10.5 Å². The van der Waals surface area contributed by atoms with Crippen molar-refractivity contribution in [2.24, 2.45) is 5.11 Å². The quantitative estimate of drug-likeness (QED) is 0.301. The summed E-state index contributed by atoms with van der Waals surface area (Å²) in [5, 5.41) is 5.05. The molecule has 1 heterocycles. The molecule has 0 fully saturated rings. The van der Waals surface area contributed by atoms with E-state index in [0.717, 1.165) is 22.2 Å². The maximum absolute atomic E-state index is 8.62. The average Bonchev–Trinajstić information content (AvgIpc) is 2.87. The van der Waals surface area contributed by atoms with Gasteiger partial charge in [-0.1, -0.05) is 39.7 Å². The summed E-state index contributed by atoms with van der Waals surface area (Å²) in [4.78, 5) is 6.21. The zero-order valence-electron chi connectivity index (χ0n) is 15.8. The van der Waals surface area contributed by atoms with Gasteiger partial charge in [0.2, 0.25) is 8.32 Å². The minimum absolute atomic E-state index is 0.156. The van der Waals surface area contributed by atoms with E-state index in [1.165, 1.54) is 0 Å². The van der Waals surface area contributed by atoms with Gasteiger partial charge in [-0.25, -0.2) is 0 Å². The number of fused-ring (bicyclic) bond motifs is 1. The van der Waals surface area contributed by atoms with Crippen molar-refractivity contribution in [3.63, 3.8) is 0 Å². The lowest BCUT2D eigenvalue weighted by Crippen LogP contribution is -2.43. The third-order valence-corrected chi connectivity index (χ3v) is 9.45. The molecule has 0 amide bonds. The Morgan fingerprint density at radius 3 is 2.46 bits per heavy atom. The topological polar surface area (TPSA) is 73.8 Å². The Balaban J connectivity index is 2.44. The predicted molar refractivity (Wildman–Crippen MR) is 103 cm³/mol. The molecule has 0 unspecified atom stereocenters. The second-order valence-corrected chi connectivity index (χ2v) is 13.3. The Bertz CT molecular complexity index is 780. The summed E-state index contributed by atoms with van der Waals surface area (Å²) in [6.07, 6.45) is 2.01. The zero-order chi connectivity index (χ0) is 18.2. The van der Waals surface area contributed by atoms with Crippen molar-refractivity contribution < 1.29 is 4.43 Å². The minimum atomic E-state index is -1.87. The van der Waals surface area contributed by atoms with Crippen molar-refractivity contribution in [2.75, 3.05) is 6.54 Å². The first kappa shape index (κ1) is 18.4. The van der Waals surface area contributed by atoms with Crippen molar-refractivity contribution in [2.45, 2.75) is 58.2 Å². The molecule has 24 heavy (non-hydrogen) atoms. The van der Waals surface area contributed by atoms with Gasteiger partial charge >= 0.3 is 0 Å². The maximum atomic E-state index is 8.62. The van der Waals surface area contributed by atoms with Crippen LogP contribution in [0.5, 0.6) is 5.75 Å². The maximum Gasteiger partial charge on any atom is 0.250 e. The summed E-state index contributed by atoms with van der Waals surface area (Å²) < 4.78 is 6.44. The van der Waals surface area contributed by atoms with Gasteiger partial charge in [-0.15, -0.1) is 0 Å². The van der Waals surface area contributed by atoms with Crippen LogP contribution < -0.4 is 4.43 Å². The van der Waals surface area contributed by atoms with Crippen LogP contribution in [0.2, 0.25) is 18.1 Å². The molecule has 130 valence electrons. The highest BCUT2D eigenvalue weighted by atomic mass is 28.4. The third kappa shape index (κ3) is 3.60. The van der Waals surface area contributed by atoms with E-state index >= 15 is 0 Å². The number of hydrogen-bond donors (Lipinski definition) is 1. The van der Waals surface area contributed by atoms with E-state index in [1.807, 2.05) is 12.3 Å². The summed E-state index contributed by atoms with van der Waals surface area (Å²) in [6, 6.07) is 6.20. The van der Waals surface area contributed by atoms with Crippen LogP contribution in [0, 0.1) is 0 Å². The Kier molecular flexibility index (Phi) is 4.75. The fourth-order valence-corrected chi connectivity index (χ4v) is 3.49. The smallest absolute Gasteiger partial charge is 0.250 e. The number of hydrogen-bond acceptors (Lipinski definition) is 2. The summed E-state index contributed by atoms with van der Waals surface area (Å²) >= 11 is 0. The first-order valence-corrected chi connectivity index (χ1v) is 11.2. The van der Waals surface area contributed by atoms with Crippen LogP contribution in [0.15, 0.2) is 29.5 Å². The molecule has 0 bridgehead atoms. The molecule has 5 nitrogen and oxygen atoms in total. The van der Waals surface area contributed by atoms with Gasteiger partial charge in [0.1, 0.15) is 5.75 Å². The van der Waals surface area contributed by atoms with Gasteiger partial charge in [0.05, 0.1) is 0 Å². The Hall–Kier alpha value is -1.91. The molecule has 1 aromatic carbocycles. The van der Waals surface area contributed by atoms with E-state index in [9.17, 15) is 0 Å². The lowest BCUT2D eigenvalue weighted by atomic mass is 9.84. The molecule has 0 atom stereocenters. The normalized spacial score (nSPS) is 13.0. The summed E-state index contributed by atoms with van der Waals surface area (Å²) in [6.45, 7) is 15.8. The number of aromatic nitrogens is 1. The van der Waals surface area contributed by atoms with Gasteiger partial charge < -0.3 is 9.41 Å². The van der Waals surface area contributed by atoms with Crippen LogP contribution in [0.4, 0.5) is 0 Å². The van der Waals surface area contributed by atoms with Gasteiger partial charge in [-0.05, 0) is 52.8 Å². The Morgan fingerprint density at radius 1 is 1.21 bits per heavy atom. The second-order valence-electron chi connectivity index (χ2n) is 8.54. The number of benzene rings is 1. The fourth-order valence-electron chi connectivity index (χ4n) is 2.46. The molecular weight excluding hydrogens is 316 g/mol. The lowest BCUT2D eigenvalue weighted by molar-refractivity contribution is 0.492. The largest absolute Gasteiger partial charge is 0.543 e. The molecular formula is C18H28N4OSi. The van der Waals surface area contributed by atoms with E-state index < -0.39 is 8.32 Å². The standard InChI is InChI=1S/C18H28N4OSi/c1-17(2,3)24(6,7)23-13-8-9-16-14(10-13)15(11-20-16)18(4,5)12-21-22-19/h8-11,20H,12H2,1-7H3. The van der Waals surface area contributed by atoms with Crippen molar-refractivity contribution in [1.29, 1.82) is 0 Å². The highest BCUT2D eigenvalue weighted by Gasteiger charge is 2.39. The molecule has 0 spiro atoms. The molecule has 0 saturated carbocycles. The van der Waals surface area contributed by atoms with Crippen molar-refractivity contribution >= 4 is 19.2 Å². The molecule has 0 radical (unpaired) electrons. The minimum Gasteiger partial charge on any atom is -0.543 e. The van der Waals surface area contributed by atoms with Crippen LogP contribution in [0.25, 0.3) is 21.3 Å². The molecule has 0 aliphatic rings. The lowest BCUT2D eigenvalue weighted by Gasteiger charge is -2.36.